The van der Waals surface area contributed by atoms with Gasteiger partial charge in [0.15, 0.2) is 0 Å². The zero-order valence-corrected chi connectivity index (χ0v) is 12.8. The largest absolute Gasteiger partial charge is 0.376 e. The van der Waals surface area contributed by atoms with Crippen LogP contribution in [-0.4, -0.2) is 18.6 Å². The van der Waals surface area contributed by atoms with Crippen LogP contribution in [0.2, 0.25) is 0 Å². The van der Waals surface area contributed by atoms with Crippen LogP contribution in [0.1, 0.15) is 10.4 Å². The van der Waals surface area contributed by atoms with E-state index < -0.39 is 0 Å². The van der Waals surface area contributed by atoms with E-state index in [0.717, 1.165) is 35.3 Å². The van der Waals surface area contributed by atoms with Gasteiger partial charge in [0.25, 0.3) is 0 Å². The standard InChI is InChI=1S/C17H18N2OS/c1-18-17-14(11-13-5-2-3-7-16(13)19-17)12-20-9-8-15-6-4-10-21-15/h2-7,10-11H,8-9,12H2,1H3,(H,18,19). The molecule has 0 saturated carbocycles. The van der Waals surface area contributed by atoms with Gasteiger partial charge in [-0.25, -0.2) is 4.98 Å². The highest BCUT2D eigenvalue weighted by Crippen LogP contribution is 2.21. The summed E-state index contributed by atoms with van der Waals surface area (Å²) in [4.78, 5) is 5.99. The summed E-state index contributed by atoms with van der Waals surface area (Å²) < 4.78 is 5.81. The zero-order chi connectivity index (χ0) is 14.5. The molecule has 0 aliphatic heterocycles. The van der Waals surface area contributed by atoms with E-state index in [4.69, 9.17) is 4.74 Å². The Kier molecular flexibility index (Phi) is 4.48. The summed E-state index contributed by atoms with van der Waals surface area (Å²) in [6, 6.07) is 14.5. The molecular formula is C17H18N2OS. The molecule has 3 aromatic rings. The maximum Gasteiger partial charge on any atom is 0.131 e. The molecule has 2 aromatic heterocycles. The first kappa shape index (κ1) is 14.0. The minimum absolute atomic E-state index is 0.583. The van der Waals surface area contributed by atoms with Crippen LogP contribution in [0.5, 0.6) is 0 Å². The predicted molar refractivity (Wildman–Crippen MR) is 89.0 cm³/mol. The van der Waals surface area contributed by atoms with Crippen molar-refractivity contribution in [2.24, 2.45) is 0 Å². The highest BCUT2D eigenvalue weighted by Gasteiger charge is 2.06. The summed E-state index contributed by atoms with van der Waals surface area (Å²) in [7, 11) is 1.90. The van der Waals surface area contributed by atoms with Crippen molar-refractivity contribution in [1.82, 2.24) is 4.98 Å². The second kappa shape index (κ2) is 6.70. The smallest absolute Gasteiger partial charge is 0.131 e. The Morgan fingerprint density at radius 1 is 1.19 bits per heavy atom. The number of pyridine rings is 1. The lowest BCUT2D eigenvalue weighted by atomic mass is 10.1. The van der Waals surface area contributed by atoms with Crippen molar-refractivity contribution in [3.8, 4) is 0 Å². The second-order valence-electron chi connectivity index (χ2n) is 4.82. The molecule has 2 heterocycles. The van der Waals surface area contributed by atoms with Crippen molar-refractivity contribution < 1.29 is 4.74 Å². The number of rotatable bonds is 6. The number of fused-ring (bicyclic) bond motifs is 1. The van der Waals surface area contributed by atoms with Crippen molar-refractivity contribution in [2.45, 2.75) is 13.0 Å². The van der Waals surface area contributed by atoms with Gasteiger partial charge < -0.3 is 10.1 Å². The average Bonchev–Trinajstić information content (AvgIpc) is 3.04. The normalized spacial score (nSPS) is 10.9. The van der Waals surface area contributed by atoms with Gasteiger partial charge in [0, 0.05) is 29.3 Å². The van der Waals surface area contributed by atoms with Crippen LogP contribution in [0.15, 0.2) is 47.8 Å². The number of anilines is 1. The van der Waals surface area contributed by atoms with Gasteiger partial charge >= 0.3 is 0 Å². The molecule has 3 rings (SSSR count). The lowest BCUT2D eigenvalue weighted by molar-refractivity contribution is 0.124. The van der Waals surface area contributed by atoms with E-state index in [1.54, 1.807) is 11.3 Å². The number of para-hydroxylation sites is 1. The average molecular weight is 298 g/mol. The maximum absolute atomic E-state index is 5.81. The molecule has 0 saturated heterocycles. The Bertz CT molecular complexity index is 710. The molecule has 0 aliphatic carbocycles. The van der Waals surface area contributed by atoms with Gasteiger partial charge in [-0.05, 0) is 23.6 Å². The molecule has 1 aromatic carbocycles. The van der Waals surface area contributed by atoms with Crippen molar-refractivity contribution in [3.63, 3.8) is 0 Å². The molecule has 0 radical (unpaired) electrons. The Morgan fingerprint density at radius 2 is 2.10 bits per heavy atom. The number of thiophene rings is 1. The summed E-state index contributed by atoms with van der Waals surface area (Å²) in [6.07, 6.45) is 0.966. The number of nitrogens with one attached hydrogen (secondary N) is 1. The van der Waals surface area contributed by atoms with Crippen molar-refractivity contribution in [2.75, 3.05) is 19.0 Å². The summed E-state index contributed by atoms with van der Waals surface area (Å²) in [5.74, 6) is 0.893. The van der Waals surface area contributed by atoms with E-state index >= 15 is 0 Å². The number of nitrogens with zero attached hydrogens (tertiary/aromatic N) is 1. The van der Waals surface area contributed by atoms with Gasteiger partial charge in [-0.3, -0.25) is 0 Å². The Morgan fingerprint density at radius 3 is 2.90 bits per heavy atom. The molecule has 0 fully saturated rings. The van der Waals surface area contributed by atoms with Crippen molar-refractivity contribution in [1.29, 1.82) is 0 Å². The fourth-order valence-electron chi connectivity index (χ4n) is 2.30. The van der Waals surface area contributed by atoms with Crippen LogP contribution in [0.25, 0.3) is 10.9 Å². The summed E-state index contributed by atoms with van der Waals surface area (Å²) in [6.45, 7) is 1.32. The molecule has 0 bridgehead atoms. The quantitative estimate of drug-likeness (QED) is 0.696. The van der Waals surface area contributed by atoms with Crippen LogP contribution in [0.3, 0.4) is 0 Å². The van der Waals surface area contributed by atoms with Crippen LogP contribution in [0, 0.1) is 0 Å². The summed E-state index contributed by atoms with van der Waals surface area (Å²) in [5, 5.41) is 6.40. The number of ether oxygens (including phenoxy) is 1. The third kappa shape index (κ3) is 3.40. The lowest BCUT2D eigenvalue weighted by Gasteiger charge is -2.10. The van der Waals surface area contributed by atoms with E-state index in [1.807, 2.05) is 25.2 Å². The maximum atomic E-state index is 5.81. The lowest BCUT2D eigenvalue weighted by Crippen LogP contribution is -2.03. The van der Waals surface area contributed by atoms with Crippen LogP contribution < -0.4 is 5.32 Å². The number of benzene rings is 1. The highest BCUT2D eigenvalue weighted by atomic mass is 32.1. The van der Waals surface area contributed by atoms with E-state index in [-0.39, 0.29) is 0 Å². The first-order valence-corrected chi connectivity index (χ1v) is 7.91. The highest BCUT2D eigenvalue weighted by molar-refractivity contribution is 7.09. The Labute approximate surface area is 128 Å². The molecule has 0 aliphatic rings. The molecule has 0 amide bonds. The molecule has 3 nitrogen and oxygen atoms in total. The van der Waals surface area contributed by atoms with Gasteiger partial charge in [0.2, 0.25) is 0 Å². The Balaban J connectivity index is 1.67. The van der Waals surface area contributed by atoms with Gasteiger partial charge in [-0.1, -0.05) is 24.3 Å². The zero-order valence-electron chi connectivity index (χ0n) is 12.0. The fourth-order valence-corrected chi connectivity index (χ4v) is 2.99. The topological polar surface area (TPSA) is 34.2 Å². The third-order valence-electron chi connectivity index (χ3n) is 3.37. The minimum Gasteiger partial charge on any atom is -0.376 e. The van der Waals surface area contributed by atoms with Gasteiger partial charge in [0.05, 0.1) is 18.7 Å². The predicted octanol–water partition coefficient (Wildman–Crippen LogP) is 4.10. The number of aromatic nitrogens is 1. The summed E-state index contributed by atoms with van der Waals surface area (Å²) >= 11 is 1.77. The second-order valence-corrected chi connectivity index (χ2v) is 5.85. The first-order chi connectivity index (χ1) is 10.4. The van der Waals surface area contributed by atoms with Crippen molar-refractivity contribution in [3.05, 3.63) is 58.3 Å². The molecule has 21 heavy (non-hydrogen) atoms. The van der Waals surface area contributed by atoms with E-state index in [2.05, 4.69) is 39.9 Å². The van der Waals surface area contributed by atoms with Gasteiger partial charge in [0.1, 0.15) is 5.82 Å². The SMILES string of the molecule is CNc1nc2ccccc2cc1COCCc1cccs1. The molecular weight excluding hydrogens is 280 g/mol. The van der Waals surface area contributed by atoms with Gasteiger partial charge in [-0.2, -0.15) is 0 Å². The van der Waals surface area contributed by atoms with Crippen LogP contribution in [-0.2, 0) is 17.8 Å². The minimum atomic E-state index is 0.583. The molecule has 0 spiro atoms. The Hall–Kier alpha value is -1.91. The van der Waals surface area contributed by atoms with Crippen LogP contribution >= 0.6 is 11.3 Å². The van der Waals surface area contributed by atoms with E-state index in [1.165, 1.54) is 4.88 Å². The van der Waals surface area contributed by atoms with Crippen LogP contribution in [0.4, 0.5) is 5.82 Å². The molecule has 1 N–H and O–H groups in total. The molecule has 0 atom stereocenters. The third-order valence-corrected chi connectivity index (χ3v) is 4.31. The first-order valence-electron chi connectivity index (χ1n) is 7.03. The molecule has 108 valence electrons. The van der Waals surface area contributed by atoms with E-state index in [9.17, 15) is 0 Å². The van der Waals surface area contributed by atoms with Gasteiger partial charge in [-0.15, -0.1) is 11.3 Å². The molecule has 4 heteroatoms. The fraction of sp³-hybridized carbons (Fsp3) is 0.235. The monoisotopic (exact) mass is 298 g/mol. The van der Waals surface area contributed by atoms with E-state index in [0.29, 0.717) is 6.61 Å². The number of hydrogen-bond donors (Lipinski definition) is 1. The summed E-state index contributed by atoms with van der Waals surface area (Å²) in [5.41, 5.74) is 2.10. The number of hydrogen-bond acceptors (Lipinski definition) is 4. The molecule has 0 unspecified atom stereocenters. The van der Waals surface area contributed by atoms with Crippen molar-refractivity contribution >= 4 is 28.1 Å².